The number of nitrogen functional groups attached to an aromatic ring is 1. The molecule has 0 aliphatic rings. The van der Waals surface area contributed by atoms with Crippen LogP contribution in [0, 0.1) is 0 Å². The van der Waals surface area contributed by atoms with Crippen molar-refractivity contribution >= 4 is 23.0 Å². The van der Waals surface area contributed by atoms with Gasteiger partial charge in [-0.25, -0.2) is 14.5 Å². The fourth-order valence-corrected chi connectivity index (χ4v) is 2.64. The van der Waals surface area contributed by atoms with Crippen molar-refractivity contribution in [2.75, 3.05) is 5.73 Å². The minimum Gasteiger partial charge on any atom is -0.383 e. The zero-order chi connectivity index (χ0) is 18.1. The van der Waals surface area contributed by atoms with Gasteiger partial charge < -0.3 is 10.6 Å². The van der Waals surface area contributed by atoms with Crippen molar-refractivity contribution in [3.8, 4) is 5.69 Å². The van der Waals surface area contributed by atoms with Crippen LogP contribution in [-0.4, -0.2) is 35.9 Å². The first-order valence-electron chi connectivity index (χ1n) is 8.01. The Morgan fingerprint density at radius 1 is 1.19 bits per heavy atom. The van der Waals surface area contributed by atoms with Gasteiger partial charge in [-0.3, -0.25) is 0 Å². The zero-order valence-electron chi connectivity index (χ0n) is 13.9. The molecule has 9 nitrogen and oxygen atoms in total. The summed E-state index contributed by atoms with van der Waals surface area (Å²) >= 11 is 0. The maximum Gasteiger partial charge on any atom is 0.371 e. The van der Waals surface area contributed by atoms with Crippen LogP contribution in [0.3, 0.4) is 0 Å². The molecule has 0 aliphatic heterocycles. The number of aryl methyl sites for hydroxylation is 1. The summed E-state index contributed by atoms with van der Waals surface area (Å²) in [4.78, 5) is 23.2. The highest BCUT2D eigenvalue weighted by molar-refractivity contribution is 5.96. The summed E-state index contributed by atoms with van der Waals surface area (Å²) in [6, 6.07) is 12.8. The van der Waals surface area contributed by atoms with Gasteiger partial charge in [0.25, 0.3) is 0 Å². The predicted molar refractivity (Wildman–Crippen MR) is 93.6 cm³/mol. The maximum atomic E-state index is 12.7. The predicted octanol–water partition coefficient (Wildman–Crippen LogP) is 1.43. The Kier molecular flexibility index (Phi) is 3.81. The van der Waals surface area contributed by atoms with Crippen molar-refractivity contribution < 1.29 is 9.63 Å². The highest BCUT2D eigenvalue weighted by Crippen LogP contribution is 2.22. The number of rotatable bonds is 4. The lowest BCUT2D eigenvalue weighted by molar-refractivity contribution is 0.0405. The first-order valence-corrected chi connectivity index (χ1v) is 8.01. The Balaban J connectivity index is 1.73. The van der Waals surface area contributed by atoms with Crippen molar-refractivity contribution in [3.63, 3.8) is 0 Å². The lowest BCUT2D eigenvalue weighted by atomic mass is 10.2. The molecule has 0 amide bonds. The van der Waals surface area contributed by atoms with Gasteiger partial charge in [-0.1, -0.05) is 25.1 Å². The second kappa shape index (κ2) is 6.28. The fourth-order valence-electron chi connectivity index (χ4n) is 2.64. The second-order valence-electron chi connectivity index (χ2n) is 5.50. The Bertz CT molecular complexity index is 1090. The van der Waals surface area contributed by atoms with Crippen molar-refractivity contribution in [3.05, 3.63) is 59.9 Å². The third-order valence-corrected chi connectivity index (χ3v) is 3.88. The van der Waals surface area contributed by atoms with Crippen LogP contribution < -0.4 is 10.6 Å². The summed E-state index contributed by atoms with van der Waals surface area (Å²) < 4.78 is 1.52. The van der Waals surface area contributed by atoms with Gasteiger partial charge in [0.2, 0.25) is 5.65 Å². The Hall–Kier alpha value is -3.75. The highest BCUT2D eigenvalue weighted by atomic mass is 16.7. The third kappa shape index (κ3) is 2.55. The molecule has 9 heteroatoms. The molecule has 130 valence electrons. The van der Waals surface area contributed by atoms with Gasteiger partial charge in [0, 0.05) is 6.20 Å². The number of para-hydroxylation sites is 1. The first kappa shape index (κ1) is 15.8. The van der Waals surface area contributed by atoms with Crippen LogP contribution in [0.4, 0.5) is 5.82 Å². The molecule has 4 aromatic rings. The van der Waals surface area contributed by atoms with E-state index in [2.05, 4.69) is 20.4 Å². The molecule has 0 saturated heterocycles. The number of hydrogen-bond donors (Lipinski definition) is 1. The lowest BCUT2D eigenvalue weighted by Gasteiger charge is -2.05. The zero-order valence-corrected chi connectivity index (χ0v) is 13.9. The number of pyridine rings is 1. The van der Waals surface area contributed by atoms with Crippen LogP contribution in [0.5, 0.6) is 0 Å². The molecular weight excluding hydrogens is 334 g/mol. The van der Waals surface area contributed by atoms with Crippen LogP contribution in [0.15, 0.2) is 48.7 Å². The molecule has 0 radical (unpaired) electrons. The van der Waals surface area contributed by atoms with Crippen molar-refractivity contribution in [1.82, 2.24) is 29.9 Å². The molecule has 4 rings (SSSR count). The minimum absolute atomic E-state index is 0.204. The summed E-state index contributed by atoms with van der Waals surface area (Å²) in [5, 5.41) is 12.1. The first-order chi connectivity index (χ1) is 12.7. The van der Waals surface area contributed by atoms with Gasteiger partial charge in [0.1, 0.15) is 16.9 Å². The van der Waals surface area contributed by atoms with E-state index in [-0.39, 0.29) is 11.4 Å². The molecular formula is C17H15N7O2. The molecule has 0 spiro atoms. The van der Waals surface area contributed by atoms with Crippen molar-refractivity contribution in [1.29, 1.82) is 0 Å². The SMILES string of the molecule is CCc1nn(-c2ccccc2)c(N)c1C(=O)On1nnc2cccnc21. The second-order valence-corrected chi connectivity index (χ2v) is 5.50. The van der Waals surface area contributed by atoms with Crippen LogP contribution in [0.25, 0.3) is 16.9 Å². The third-order valence-electron chi connectivity index (χ3n) is 3.88. The number of nitrogens with zero attached hydrogens (tertiary/aromatic N) is 6. The topological polar surface area (TPSA) is 114 Å². The van der Waals surface area contributed by atoms with Gasteiger partial charge in [-0.15, -0.1) is 5.10 Å². The van der Waals surface area contributed by atoms with E-state index in [0.29, 0.717) is 23.3 Å². The molecule has 0 saturated carbocycles. The number of aromatic nitrogens is 6. The average molecular weight is 349 g/mol. The largest absolute Gasteiger partial charge is 0.383 e. The summed E-state index contributed by atoms with van der Waals surface area (Å²) in [6.45, 7) is 1.89. The minimum atomic E-state index is -0.668. The van der Waals surface area contributed by atoms with E-state index < -0.39 is 5.97 Å². The maximum absolute atomic E-state index is 12.7. The summed E-state index contributed by atoms with van der Waals surface area (Å²) in [5.74, 6) is -0.464. The molecule has 1 aromatic carbocycles. The van der Waals surface area contributed by atoms with E-state index in [1.807, 2.05) is 37.3 Å². The van der Waals surface area contributed by atoms with E-state index in [1.54, 1.807) is 18.3 Å². The van der Waals surface area contributed by atoms with Gasteiger partial charge in [0.05, 0.1) is 11.4 Å². The molecule has 2 N–H and O–H groups in total. The Morgan fingerprint density at radius 3 is 2.77 bits per heavy atom. The molecule has 0 aliphatic carbocycles. The lowest BCUT2D eigenvalue weighted by Crippen LogP contribution is -2.23. The van der Waals surface area contributed by atoms with Crippen LogP contribution in [-0.2, 0) is 6.42 Å². The Morgan fingerprint density at radius 2 is 2.00 bits per heavy atom. The quantitative estimate of drug-likeness (QED) is 0.554. The van der Waals surface area contributed by atoms with Crippen LogP contribution in [0.2, 0.25) is 0 Å². The molecule has 3 heterocycles. The Labute approximate surface area is 148 Å². The summed E-state index contributed by atoms with van der Waals surface area (Å²) in [7, 11) is 0. The van der Waals surface area contributed by atoms with E-state index >= 15 is 0 Å². The molecule has 0 bridgehead atoms. The standard InChI is InChI=1S/C17H15N7O2/c1-2-12-14(15(18)23(21-12)11-7-4-3-5-8-11)17(25)26-24-16-13(20-22-24)9-6-10-19-16/h3-10H,2,18H2,1H3. The van der Waals surface area contributed by atoms with E-state index in [9.17, 15) is 4.79 Å². The van der Waals surface area contributed by atoms with Gasteiger partial charge in [0.15, 0.2) is 0 Å². The number of fused-ring (bicyclic) bond motifs is 1. The number of nitrogens with two attached hydrogens (primary N) is 1. The van der Waals surface area contributed by atoms with E-state index in [1.165, 1.54) is 4.68 Å². The number of carbonyl (C=O) groups excluding carboxylic acids is 1. The van der Waals surface area contributed by atoms with Crippen molar-refractivity contribution in [2.24, 2.45) is 0 Å². The molecule has 0 fully saturated rings. The van der Waals surface area contributed by atoms with E-state index in [4.69, 9.17) is 10.6 Å². The normalized spacial score (nSPS) is 11.0. The van der Waals surface area contributed by atoms with Gasteiger partial charge >= 0.3 is 5.97 Å². The average Bonchev–Trinajstić information content (AvgIpc) is 3.23. The smallest absolute Gasteiger partial charge is 0.371 e. The van der Waals surface area contributed by atoms with Crippen LogP contribution >= 0.6 is 0 Å². The number of benzene rings is 1. The van der Waals surface area contributed by atoms with Crippen molar-refractivity contribution in [2.45, 2.75) is 13.3 Å². The molecule has 26 heavy (non-hydrogen) atoms. The molecule has 0 atom stereocenters. The number of carbonyl (C=O) groups is 1. The summed E-state index contributed by atoms with van der Waals surface area (Å²) in [6.07, 6.45) is 2.08. The number of anilines is 1. The monoisotopic (exact) mass is 349 g/mol. The van der Waals surface area contributed by atoms with Crippen LogP contribution in [0.1, 0.15) is 23.0 Å². The van der Waals surface area contributed by atoms with Gasteiger partial charge in [-0.2, -0.15) is 5.10 Å². The fraction of sp³-hybridized carbons (Fsp3) is 0.118. The summed E-state index contributed by atoms with van der Waals surface area (Å²) in [5.41, 5.74) is 8.55. The van der Waals surface area contributed by atoms with E-state index in [0.717, 1.165) is 10.5 Å². The van der Waals surface area contributed by atoms with Gasteiger partial charge in [-0.05, 0) is 40.7 Å². The molecule has 3 aromatic heterocycles. The highest BCUT2D eigenvalue weighted by Gasteiger charge is 2.25. The number of hydrogen-bond acceptors (Lipinski definition) is 7. The molecule has 0 unspecified atom stereocenters.